The summed E-state index contributed by atoms with van der Waals surface area (Å²) in [5.41, 5.74) is 8.11. The van der Waals surface area contributed by atoms with Crippen LogP contribution in [0.3, 0.4) is 0 Å². The summed E-state index contributed by atoms with van der Waals surface area (Å²) in [6, 6.07) is 19.9. The Kier molecular flexibility index (Phi) is 7.14. The highest BCUT2D eigenvalue weighted by Crippen LogP contribution is 2.19. The van der Waals surface area contributed by atoms with Gasteiger partial charge in [-0.25, -0.2) is 4.98 Å². The van der Waals surface area contributed by atoms with Crippen molar-refractivity contribution in [3.8, 4) is 11.8 Å². The summed E-state index contributed by atoms with van der Waals surface area (Å²) in [5, 5.41) is 13.7. The molecule has 0 saturated heterocycles. The zero-order chi connectivity index (χ0) is 21.3. The zero-order valence-corrected chi connectivity index (χ0v) is 17.3. The van der Waals surface area contributed by atoms with Gasteiger partial charge in [-0.2, -0.15) is 10.4 Å². The number of rotatable bonds is 8. The molecule has 6 nitrogen and oxygen atoms in total. The van der Waals surface area contributed by atoms with Crippen molar-refractivity contribution in [2.75, 3.05) is 12.5 Å². The standard InChI is InChI=1S/C24H24N4O2/c1-17-5-4-6-20(11-17)15-30-22-9-7-19(8-10-22)14-26-28-24-23(13-25)21(16-29-3)12-18(2)27-24/h4-12,14H,15-16H2,1-3H3,(H,27,28)/b26-14+. The number of nitrogens with one attached hydrogen (secondary N) is 1. The minimum Gasteiger partial charge on any atom is -0.489 e. The number of aromatic nitrogens is 1. The minimum absolute atomic E-state index is 0.342. The molecule has 0 saturated carbocycles. The molecular formula is C24H24N4O2. The highest BCUT2D eigenvalue weighted by Gasteiger charge is 2.10. The number of hydrogen-bond acceptors (Lipinski definition) is 6. The lowest BCUT2D eigenvalue weighted by atomic mass is 10.1. The van der Waals surface area contributed by atoms with Crippen LogP contribution in [0.15, 0.2) is 59.7 Å². The fourth-order valence-corrected chi connectivity index (χ4v) is 3.00. The highest BCUT2D eigenvalue weighted by atomic mass is 16.5. The lowest BCUT2D eigenvalue weighted by molar-refractivity contribution is 0.184. The van der Waals surface area contributed by atoms with E-state index in [0.29, 0.717) is 24.6 Å². The number of ether oxygens (including phenoxy) is 2. The van der Waals surface area contributed by atoms with Crippen LogP contribution < -0.4 is 10.2 Å². The number of pyridine rings is 1. The SMILES string of the molecule is COCc1cc(C)nc(N/N=C/c2ccc(OCc3cccc(C)c3)cc2)c1C#N. The van der Waals surface area contributed by atoms with Gasteiger partial charge in [-0.3, -0.25) is 5.43 Å². The fraction of sp³-hybridized carbons (Fsp3) is 0.208. The summed E-state index contributed by atoms with van der Waals surface area (Å²) in [7, 11) is 1.59. The molecule has 6 heteroatoms. The molecule has 1 aromatic heterocycles. The Bertz CT molecular complexity index is 1070. The molecule has 152 valence electrons. The summed E-state index contributed by atoms with van der Waals surface area (Å²) in [6.45, 7) is 4.80. The monoisotopic (exact) mass is 400 g/mol. The van der Waals surface area contributed by atoms with Gasteiger partial charge in [0.15, 0.2) is 5.82 Å². The smallest absolute Gasteiger partial charge is 0.164 e. The highest BCUT2D eigenvalue weighted by molar-refractivity contribution is 5.80. The molecule has 30 heavy (non-hydrogen) atoms. The van der Waals surface area contributed by atoms with E-state index >= 15 is 0 Å². The van der Waals surface area contributed by atoms with E-state index in [2.05, 4.69) is 40.6 Å². The summed E-state index contributed by atoms with van der Waals surface area (Å²) in [6.07, 6.45) is 1.67. The van der Waals surface area contributed by atoms with Gasteiger partial charge in [0.1, 0.15) is 24.0 Å². The summed E-state index contributed by atoms with van der Waals surface area (Å²) in [5.74, 6) is 1.21. The Morgan fingerprint density at radius 2 is 1.90 bits per heavy atom. The number of hydrazone groups is 1. The third-order valence-corrected chi connectivity index (χ3v) is 4.39. The maximum absolute atomic E-state index is 9.46. The van der Waals surface area contributed by atoms with E-state index in [1.54, 1.807) is 13.3 Å². The molecule has 0 radical (unpaired) electrons. The molecule has 0 amide bonds. The molecule has 0 bridgehead atoms. The van der Waals surface area contributed by atoms with E-state index in [9.17, 15) is 5.26 Å². The third-order valence-electron chi connectivity index (χ3n) is 4.39. The molecule has 0 spiro atoms. The van der Waals surface area contributed by atoms with Crippen LogP contribution >= 0.6 is 0 Å². The van der Waals surface area contributed by atoms with E-state index in [0.717, 1.165) is 28.1 Å². The lowest BCUT2D eigenvalue weighted by Gasteiger charge is -2.09. The predicted molar refractivity (Wildman–Crippen MR) is 118 cm³/mol. The maximum atomic E-state index is 9.46. The van der Waals surface area contributed by atoms with Crippen molar-refractivity contribution in [3.05, 3.63) is 88.1 Å². The first-order chi connectivity index (χ1) is 14.6. The van der Waals surface area contributed by atoms with Crippen LogP contribution in [0.25, 0.3) is 0 Å². The number of nitriles is 1. The van der Waals surface area contributed by atoms with Crippen molar-refractivity contribution in [3.63, 3.8) is 0 Å². The van der Waals surface area contributed by atoms with Gasteiger partial charge in [0.2, 0.25) is 0 Å². The molecule has 1 heterocycles. The molecule has 0 aliphatic heterocycles. The van der Waals surface area contributed by atoms with E-state index in [1.807, 2.05) is 49.4 Å². The van der Waals surface area contributed by atoms with Crippen LogP contribution in [0, 0.1) is 25.2 Å². The van der Waals surface area contributed by atoms with Gasteiger partial charge in [0.05, 0.1) is 12.8 Å². The molecule has 0 aliphatic rings. The predicted octanol–water partition coefficient (Wildman–Crippen LogP) is 4.74. The fourth-order valence-electron chi connectivity index (χ4n) is 3.00. The second-order valence-corrected chi connectivity index (χ2v) is 6.91. The Morgan fingerprint density at radius 1 is 1.10 bits per heavy atom. The van der Waals surface area contributed by atoms with Gasteiger partial charge in [0, 0.05) is 18.4 Å². The molecule has 2 aromatic carbocycles. The van der Waals surface area contributed by atoms with Crippen molar-refractivity contribution in [2.24, 2.45) is 5.10 Å². The summed E-state index contributed by atoms with van der Waals surface area (Å²) < 4.78 is 11.0. The average molecular weight is 400 g/mol. The Balaban J connectivity index is 1.62. The second kappa shape index (κ2) is 10.2. The maximum Gasteiger partial charge on any atom is 0.164 e. The number of aryl methyl sites for hydroxylation is 2. The van der Waals surface area contributed by atoms with Crippen molar-refractivity contribution in [1.82, 2.24) is 4.98 Å². The van der Waals surface area contributed by atoms with Crippen molar-refractivity contribution in [2.45, 2.75) is 27.1 Å². The van der Waals surface area contributed by atoms with Crippen molar-refractivity contribution < 1.29 is 9.47 Å². The van der Waals surface area contributed by atoms with Crippen LogP contribution in [0.1, 0.15) is 33.5 Å². The van der Waals surface area contributed by atoms with Crippen LogP contribution in [0.4, 0.5) is 5.82 Å². The molecule has 0 fully saturated rings. The molecule has 3 aromatic rings. The quantitative estimate of drug-likeness (QED) is 0.436. The normalized spacial score (nSPS) is 10.7. The number of methoxy groups -OCH3 is 1. The van der Waals surface area contributed by atoms with Crippen molar-refractivity contribution >= 4 is 12.0 Å². The minimum atomic E-state index is 0.342. The van der Waals surface area contributed by atoms with Crippen LogP contribution in [0.5, 0.6) is 5.75 Å². The molecule has 0 aliphatic carbocycles. The van der Waals surface area contributed by atoms with Crippen molar-refractivity contribution in [1.29, 1.82) is 5.26 Å². The van der Waals surface area contributed by atoms with Gasteiger partial charge in [-0.1, -0.05) is 29.8 Å². The average Bonchev–Trinajstić information content (AvgIpc) is 2.73. The number of anilines is 1. The van der Waals surface area contributed by atoms with E-state index in [-0.39, 0.29) is 0 Å². The van der Waals surface area contributed by atoms with Gasteiger partial charge >= 0.3 is 0 Å². The third kappa shape index (κ3) is 5.66. The van der Waals surface area contributed by atoms with Crippen LogP contribution in [-0.4, -0.2) is 18.3 Å². The Hall–Kier alpha value is -3.69. The van der Waals surface area contributed by atoms with Gasteiger partial charge in [0.25, 0.3) is 0 Å². The van der Waals surface area contributed by atoms with E-state index in [4.69, 9.17) is 9.47 Å². The number of benzene rings is 2. The Labute approximate surface area is 176 Å². The second-order valence-electron chi connectivity index (χ2n) is 6.91. The topological polar surface area (TPSA) is 79.5 Å². The zero-order valence-electron chi connectivity index (χ0n) is 17.3. The molecule has 0 atom stereocenters. The summed E-state index contributed by atoms with van der Waals surface area (Å²) in [4.78, 5) is 4.37. The first kappa shape index (κ1) is 21.0. The van der Waals surface area contributed by atoms with Gasteiger partial charge in [-0.15, -0.1) is 0 Å². The molecule has 0 unspecified atom stereocenters. The first-order valence-electron chi connectivity index (χ1n) is 9.56. The number of nitrogens with zero attached hydrogens (tertiary/aromatic N) is 3. The summed E-state index contributed by atoms with van der Waals surface area (Å²) >= 11 is 0. The number of hydrogen-bond donors (Lipinski definition) is 1. The Morgan fingerprint density at radius 3 is 2.60 bits per heavy atom. The van der Waals surface area contributed by atoms with Crippen LogP contribution in [0.2, 0.25) is 0 Å². The first-order valence-corrected chi connectivity index (χ1v) is 9.56. The van der Waals surface area contributed by atoms with Gasteiger partial charge < -0.3 is 9.47 Å². The molecule has 1 N–H and O–H groups in total. The van der Waals surface area contributed by atoms with E-state index in [1.165, 1.54) is 5.56 Å². The largest absolute Gasteiger partial charge is 0.489 e. The van der Waals surface area contributed by atoms with E-state index < -0.39 is 0 Å². The van der Waals surface area contributed by atoms with Crippen LogP contribution in [-0.2, 0) is 18.0 Å². The lowest BCUT2D eigenvalue weighted by Crippen LogP contribution is -2.03. The molecular weight excluding hydrogens is 376 g/mol. The molecule has 3 rings (SSSR count). The van der Waals surface area contributed by atoms with Gasteiger partial charge in [-0.05, 0) is 55.3 Å².